The highest BCUT2D eigenvalue weighted by Crippen LogP contribution is 2.11. The molecule has 0 unspecified atom stereocenters. The van der Waals surface area contributed by atoms with Gasteiger partial charge in [-0.1, -0.05) is 12.1 Å². The Morgan fingerprint density at radius 3 is 2.76 bits per heavy atom. The van der Waals surface area contributed by atoms with E-state index in [0.29, 0.717) is 17.1 Å². The highest BCUT2D eigenvalue weighted by molar-refractivity contribution is 6.05. The standard InChI is InChI=1S/C18H20N4O3/c1-13-5-3-7-16(9-13)25-12-18(24)22-21-14(2)10-17(23)20-15-6-4-8-19-11-15/h3-9,11H,10,12H2,1-2H3,(H,20,23)(H,22,24)/b21-14-. The minimum Gasteiger partial charge on any atom is -0.484 e. The molecule has 0 radical (unpaired) electrons. The van der Waals surface area contributed by atoms with Crippen LogP contribution in [0, 0.1) is 6.92 Å². The van der Waals surface area contributed by atoms with Gasteiger partial charge in [0, 0.05) is 11.9 Å². The zero-order chi connectivity index (χ0) is 18.1. The molecule has 0 saturated heterocycles. The quantitative estimate of drug-likeness (QED) is 0.597. The van der Waals surface area contributed by atoms with Gasteiger partial charge in [0.1, 0.15) is 5.75 Å². The number of hydrogen-bond donors (Lipinski definition) is 2. The lowest BCUT2D eigenvalue weighted by Gasteiger charge is -2.07. The monoisotopic (exact) mass is 340 g/mol. The van der Waals surface area contributed by atoms with Crippen LogP contribution in [0.15, 0.2) is 53.9 Å². The molecule has 0 fully saturated rings. The van der Waals surface area contributed by atoms with Gasteiger partial charge >= 0.3 is 0 Å². The van der Waals surface area contributed by atoms with Gasteiger partial charge in [0.2, 0.25) is 5.91 Å². The van der Waals surface area contributed by atoms with Crippen molar-refractivity contribution in [1.82, 2.24) is 10.4 Å². The minimum atomic E-state index is -0.395. The molecule has 1 aromatic carbocycles. The molecule has 0 aliphatic carbocycles. The van der Waals surface area contributed by atoms with Gasteiger partial charge in [0.25, 0.3) is 5.91 Å². The van der Waals surface area contributed by atoms with E-state index in [1.54, 1.807) is 37.5 Å². The second kappa shape index (κ2) is 9.17. The molecule has 7 heteroatoms. The summed E-state index contributed by atoms with van der Waals surface area (Å²) >= 11 is 0. The minimum absolute atomic E-state index is 0.0634. The van der Waals surface area contributed by atoms with Gasteiger partial charge in [-0.2, -0.15) is 5.10 Å². The number of nitrogens with one attached hydrogen (secondary N) is 2. The Balaban J connectivity index is 1.74. The molecule has 25 heavy (non-hydrogen) atoms. The lowest BCUT2D eigenvalue weighted by Crippen LogP contribution is -2.26. The predicted octanol–water partition coefficient (Wildman–Crippen LogP) is 2.29. The molecule has 2 rings (SSSR count). The summed E-state index contributed by atoms with van der Waals surface area (Å²) in [5.74, 6) is -0.0141. The summed E-state index contributed by atoms with van der Waals surface area (Å²) in [6.07, 6.45) is 3.24. The van der Waals surface area contributed by atoms with Crippen LogP contribution in [0.3, 0.4) is 0 Å². The Kier molecular flexibility index (Phi) is 6.65. The second-order valence-corrected chi connectivity index (χ2v) is 5.45. The molecular weight excluding hydrogens is 320 g/mol. The molecular formula is C18H20N4O3. The molecule has 130 valence electrons. The van der Waals surface area contributed by atoms with Crippen molar-refractivity contribution < 1.29 is 14.3 Å². The van der Waals surface area contributed by atoms with Crippen molar-refractivity contribution in [1.29, 1.82) is 0 Å². The van der Waals surface area contributed by atoms with Crippen molar-refractivity contribution in [2.45, 2.75) is 20.3 Å². The van der Waals surface area contributed by atoms with Crippen molar-refractivity contribution >= 4 is 23.2 Å². The van der Waals surface area contributed by atoms with Crippen LogP contribution in [-0.4, -0.2) is 29.1 Å². The number of anilines is 1. The normalized spacial score (nSPS) is 10.9. The van der Waals surface area contributed by atoms with Gasteiger partial charge in [0.05, 0.1) is 18.3 Å². The molecule has 0 aliphatic heterocycles. The Morgan fingerprint density at radius 2 is 2.04 bits per heavy atom. The number of benzene rings is 1. The largest absolute Gasteiger partial charge is 0.484 e. The zero-order valence-electron chi connectivity index (χ0n) is 14.2. The Hall–Kier alpha value is -3.22. The fourth-order valence-electron chi connectivity index (χ4n) is 1.96. The summed E-state index contributed by atoms with van der Waals surface area (Å²) in [4.78, 5) is 27.5. The van der Waals surface area contributed by atoms with E-state index in [9.17, 15) is 9.59 Å². The number of aromatic nitrogens is 1. The van der Waals surface area contributed by atoms with Gasteiger partial charge in [-0.15, -0.1) is 0 Å². The zero-order valence-corrected chi connectivity index (χ0v) is 14.2. The molecule has 0 bridgehead atoms. The van der Waals surface area contributed by atoms with Crippen LogP contribution in [0.1, 0.15) is 18.9 Å². The van der Waals surface area contributed by atoms with Crippen molar-refractivity contribution in [3.8, 4) is 5.75 Å². The van der Waals surface area contributed by atoms with Crippen molar-refractivity contribution in [3.63, 3.8) is 0 Å². The maximum Gasteiger partial charge on any atom is 0.277 e. The number of carbonyl (C=O) groups excluding carboxylic acids is 2. The summed E-state index contributed by atoms with van der Waals surface area (Å²) in [5.41, 5.74) is 4.50. The molecule has 0 aliphatic rings. The third kappa shape index (κ3) is 6.82. The number of rotatable bonds is 7. The van der Waals surface area contributed by atoms with E-state index in [-0.39, 0.29) is 18.9 Å². The summed E-state index contributed by atoms with van der Waals surface area (Å²) in [6.45, 7) is 3.45. The SMILES string of the molecule is C/C(CC(=O)Nc1cccnc1)=N/NC(=O)COc1cccc(C)c1. The number of aryl methyl sites for hydroxylation is 1. The van der Waals surface area contributed by atoms with Gasteiger partial charge in [-0.3, -0.25) is 14.6 Å². The van der Waals surface area contributed by atoms with E-state index in [1.807, 2.05) is 25.1 Å². The molecule has 0 atom stereocenters. The first-order valence-corrected chi connectivity index (χ1v) is 7.74. The highest BCUT2D eigenvalue weighted by atomic mass is 16.5. The number of pyridine rings is 1. The number of nitrogens with zero attached hydrogens (tertiary/aromatic N) is 2. The molecule has 2 N–H and O–H groups in total. The molecule has 1 heterocycles. The van der Waals surface area contributed by atoms with Gasteiger partial charge in [0.15, 0.2) is 6.61 Å². The van der Waals surface area contributed by atoms with Crippen molar-refractivity contribution in [3.05, 3.63) is 54.4 Å². The van der Waals surface area contributed by atoms with E-state index >= 15 is 0 Å². The van der Waals surface area contributed by atoms with Gasteiger partial charge in [-0.05, 0) is 43.7 Å². The molecule has 7 nitrogen and oxygen atoms in total. The van der Waals surface area contributed by atoms with E-state index in [0.717, 1.165) is 5.56 Å². The van der Waals surface area contributed by atoms with Crippen LogP contribution in [0.2, 0.25) is 0 Å². The Labute approximate surface area is 146 Å². The fraction of sp³-hybridized carbons (Fsp3) is 0.222. The topological polar surface area (TPSA) is 92.7 Å². The summed E-state index contributed by atoms with van der Waals surface area (Å²) in [6, 6.07) is 10.9. The second-order valence-electron chi connectivity index (χ2n) is 5.45. The first kappa shape index (κ1) is 18.1. The fourth-order valence-corrected chi connectivity index (χ4v) is 1.96. The lowest BCUT2D eigenvalue weighted by atomic mass is 10.2. The summed E-state index contributed by atoms with van der Waals surface area (Å²) in [5, 5.41) is 6.59. The molecule has 2 aromatic rings. The first-order valence-electron chi connectivity index (χ1n) is 7.74. The average molecular weight is 340 g/mol. The van der Waals surface area contributed by atoms with Crippen LogP contribution in [0.4, 0.5) is 5.69 Å². The van der Waals surface area contributed by atoms with E-state index in [4.69, 9.17) is 4.74 Å². The van der Waals surface area contributed by atoms with E-state index < -0.39 is 5.91 Å². The van der Waals surface area contributed by atoms with Crippen LogP contribution in [0.5, 0.6) is 5.75 Å². The Morgan fingerprint density at radius 1 is 1.20 bits per heavy atom. The number of carbonyl (C=O) groups is 2. The smallest absolute Gasteiger partial charge is 0.277 e. The molecule has 0 saturated carbocycles. The van der Waals surface area contributed by atoms with Crippen molar-refractivity contribution in [2.24, 2.45) is 5.10 Å². The van der Waals surface area contributed by atoms with Crippen LogP contribution in [0.25, 0.3) is 0 Å². The predicted molar refractivity (Wildman–Crippen MR) is 95.4 cm³/mol. The highest BCUT2D eigenvalue weighted by Gasteiger charge is 2.06. The number of ether oxygens (including phenoxy) is 1. The number of amides is 2. The van der Waals surface area contributed by atoms with E-state index in [1.165, 1.54) is 0 Å². The number of hydrazone groups is 1. The number of hydrogen-bond acceptors (Lipinski definition) is 5. The third-order valence-electron chi connectivity index (χ3n) is 3.09. The maximum atomic E-state index is 11.9. The average Bonchev–Trinajstić information content (AvgIpc) is 2.59. The van der Waals surface area contributed by atoms with Gasteiger partial charge < -0.3 is 10.1 Å². The van der Waals surface area contributed by atoms with Crippen LogP contribution >= 0.6 is 0 Å². The molecule has 0 spiro atoms. The summed E-state index contributed by atoms with van der Waals surface area (Å²) < 4.78 is 5.37. The van der Waals surface area contributed by atoms with Gasteiger partial charge in [-0.25, -0.2) is 5.43 Å². The summed E-state index contributed by atoms with van der Waals surface area (Å²) in [7, 11) is 0. The third-order valence-corrected chi connectivity index (χ3v) is 3.09. The van der Waals surface area contributed by atoms with E-state index in [2.05, 4.69) is 20.8 Å². The first-order chi connectivity index (χ1) is 12.0. The lowest BCUT2D eigenvalue weighted by molar-refractivity contribution is -0.123. The maximum absolute atomic E-state index is 11.9. The van der Waals surface area contributed by atoms with Crippen LogP contribution < -0.4 is 15.5 Å². The molecule has 1 aromatic heterocycles. The Bertz CT molecular complexity index is 760. The van der Waals surface area contributed by atoms with Crippen LogP contribution in [-0.2, 0) is 9.59 Å². The molecule has 2 amide bonds. The van der Waals surface area contributed by atoms with Crippen molar-refractivity contribution in [2.75, 3.05) is 11.9 Å².